The summed E-state index contributed by atoms with van der Waals surface area (Å²) in [5.41, 5.74) is 0. The fraction of sp³-hybridized carbons (Fsp3) is 0.818. The first-order valence-electron chi connectivity index (χ1n) is 5.80. The molecule has 3 N–H and O–H groups in total. The minimum Gasteiger partial charge on any atom is -0.354 e. The van der Waals surface area contributed by atoms with Gasteiger partial charge in [-0.15, -0.1) is 0 Å². The van der Waals surface area contributed by atoms with Crippen molar-refractivity contribution in [3.63, 3.8) is 0 Å². The lowest BCUT2D eigenvalue weighted by Crippen LogP contribution is -2.41. The summed E-state index contributed by atoms with van der Waals surface area (Å²) in [5.74, 6) is 0.136. The summed E-state index contributed by atoms with van der Waals surface area (Å²) in [6.45, 7) is 7.85. The number of carbonyl (C=O) groups is 2. The molecule has 0 aromatic carbocycles. The number of amides is 2. The molecule has 0 aromatic rings. The van der Waals surface area contributed by atoms with Crippen LogP contribution < -0.4 is 16.0 Å². The lowest BCUT2D eigenvalue weighted by molar-refractivity contribution is -0.125. The Balaban J connectivity index is 3.47. The third-order valence-corrected chi connectivity index (χ3v) is 1.87. The summed E-state index contributed by atoms with van der Waals surface area (Å²) in [5, 5.41) is 8.25. The highest BCUT2D eigenvalue weighted by atomic mass is 16.2. The van der Waals surface area contributed by atoms with Crippen molar-refractivity contribution in [1.82, 2.24) is 16.0 Å². The third-order valence-electron chi connectivity index (χ3n) is 1.87. The zero-order valence-corrected chi connectivity index (χ0v) is 10.4. The molecule has 5 heteroatoms. The Morgan fingerprint density at radius 3 is 2.25 bits per heavy atom. The van der Waals surface area contributed by atoms with Gasteiger partial charge in [0, 0.05) is 6.54 Å². The first kappa shape index (κ1) is 14.9. The summed E-state index contributed by atoms with van der Waals surface area (Å²) in [6.07, 6.45) is 0.988. The van der Waals surface area contributed by atoms with Crippen LogP contribution in [0.5, 0.6) is 0 Å². The van der Waals surface area contributed by atoms with Crippen LogP contribution in [-0.2, 0) is 9.59 Å². The van der Waals surface area contributed by atoms with Gasteiger partial charge in [-0.25, -0.2) is 0 Å². The van der Waals surface area contributed by atoms with Crippen molar-refractivity contribution < 1.29 is 9.59 Å². The average Bonchev–Trinajstić information content (AvgIpc) is 2.24. The van der Waals surface area contributed by atoms with Crippen LogP contribution in [0, 0.1) is 5.92 Å². The molecule has 0 aliphatic rings. The first-order valence-corrected chi connectivity index (χ1v) is 5.80. The van der Waals surface area contributed by atoms with E-state index < -0.39 is 0 Å². The summed E-state index contributed by atoms with van der Waals surface area (Å²) < 4.78 is 0. The highest BCUT2D eigenvalue weighted by molar-refractivity contribution is 5.85. The second-order valence-corrected chi connectivity index (χ2v) is 4.15. The molecule has 0 aliphatic heterocycles. The number of rotatable bonds is 8. The molecule has 94 valence electrons. The van der Waals surface area contributed by atoms with Crippen LogP contribution in [0.1, 0.15) is 27.2 Å². The Labute approximate surface area is 97.4 Å². The Morgan fingerprint density at radius 1 is 1.06 bits per heavy atom. The lowest BCUT2D eigenvalue weighted by atomic mass is 10.2. The maximum absolute atomic E-state index is 11.2. The third kappa shape index (κ3) is 9.45. The monoisotopic (exact) mass is 229 g/mol. The van der Waals surface area contributed by atoms with E-state index in [0.29, 0.717) is 12.5 Å². The van der Waals surface area contributed by atoms with Crippen LogP contribution in [0.15, 0.2) is 0 Å². The molecule has 16 heavy (non-hydrogen) atoms. The molecule has 2 amide bonds. The minimum atomic E-state index is -0.145. The topological polar surface area (TPSA) is 70.2 Å². The molecule has 0 heterocycles. The van der Waals surface area contributed by atoms with Gasteiger partial charge in [0.05, 0.1) is 13.1 Å². The van der Waals surface area contributed by atoms with Crippen molar-refractivity contribution in [3.8, 4) is 0 Å². The molecule has 0 aliphatic carbocycles. The Morgan fingerprint density at radius 2 is 1.69 bits per heavy atom. The van der Waals surface area contributed by atoms with Crippen LogP contribution >= 0.6 is 0 Å². The van der Waals surface area contributed by atoms with Crippen LogP contribution in [0.25, 0.3) is 0 Å². The molecule has 0 saturated heterocycles. The fourth-order valence-electron chi connectivity index (χ4n) is 1.00. The molecule has 0 rings (SSSR count). The Hall–Kier alpha value is -1.10. The van der Waals surface area contributed by atoms with Gasteiger partial charge in [-0.3, -0.25) is 9.59 Å². The predicted molar refractivity (Wildman–Crippen MR) is 64.0 cm³/mol. The molecule has 5 nitrogen and oxygen atoms in total. The van der Waals surface area contributed by atoms with Crippen LogP contribution in [0.3, 0.4) is 0 Å². The number of hydrogen-bond donors (Lipinski definition) is 3. The zero-order chi connectivity index (χ0) is 12.4. The number of carbonyl (C=O) groups excluding carboxylic acids is 2. The fourth-order valence-corrected chi connectivity index (χ4v) is 1.00. The van der Waals surface area contributed by atoms with Crippen molar-refractivity contribution in [1.29, 1.82) is 0 Å². The van der Waals surface area contributed by atoms with E-state index >= 15 is 0 Å². The highest BCUT2D eigenvalue weighted by Crippen LogP contribution is 1.86. The largest absolute Gasteiger partial charge is 0.354 e. The first-order chi connectivity index (χ1) is 7.56. The van der Waals surface area contributed by atoms with Gasteiger partial charge in [-0.2, -0.15) is 0 Å². The van der Waals surface area contributed by atoms with Gasteiger partial charge in [0.2, 0.25) is 11.8 Å². The highest BCUT2D eigenvalue weighted by Gasteiger charge is 2.04. The van der Waals surface area contributed by atoms with Crippen molar-refractivity contribution in [2.24, 2.45) is 5.92 Å². The van der Waals surface area contributed by atoms with Crippen LogP contribution in [0.4, 0.5) is 0 Å². The van der Waals surface area contributed by atoms with Crippen molar-refractivity contribution >= 4 is 11.8 Å². The SMILES string of the molecule is CCCNCC(=O)NCC(=O)NCC(C)C. The van der Waals surface area contributed by atoms with Gasteiger partial charge in [0.15, 0.2) is 0 Å². The van der Waals surface area contributed by atoms with Gasteiger partial charge in [0.25, 0.3) is 0 Å². The van der Waals surface area contributed by atoms with E-state index in [0.717, 1.165) is 13.0 Å². The summed E-state index contributed by atoms with van der Waals surface area (Å²) in [6, 6.07) is 0. The minimum absolute atomic E-state index is 0.0549. The predicted octanol–water partition coefficient (Wildman–Crippen LogP) is -0.126. The van der Waals surface area contributed by atoms with E-state index in [1.54, 1.807) is 0 Å². The Kier molecular flexibility index (Phi) is 8.52. The van der Waals surface area contributed by atoms with E-state index in [1.165, 1.54) is 0 Å². The molecule has 0 fully saturated rings. The molecule has 0 bridgehead atoms. The molecular formula is C11H23N3O2. The van der Waals surface area contributed by atoms with Gasteiger partial charge in [-0.05, 0) is 18.9 Å². The summed E-state index contributed by atoms with van der Waals surface area (Å²) in [7, 11) is 0. The van der Waals surface area contributed by atoms with Gasteiger partial charge >= 0.3 is 0 Å². The molecule has 0 unspecified atom stereocenters. The second kappa shape index (κ2) is 9.15. The van der Waals surface area contributed by atoms with Crippen molar-refractivity contribution in [2.45, 2.75) is 27.2 Å². The van der Waals surface area contributed by atoms with E-state index in [-0.39, 0.29) is 24.9 Å². The maximum Gasteiger partial charge on any atom is 0.239 e. The average molecular weight is 229 g/mol. The molecule has 0 saturated carbocycles. The smallest absolute Gasteiger partial charge is 0.239 e. The van der Waals surface area contributed by atoms with Crippen LogP contribution in [0.2, 0.25) is 0 Å². The number of nitrogens with one attached hydrogen (secondary N) is 3. The van der Waals surface area contributed by atoms with E-state index in [9.17, 15) is 9.59 Å². The second-order valence-electron chi connectivity index (χ2n) is 4.15. The van der Waals surface area contributed by atoms with E-state index in [4.69, 9.17) is 0 Å². The van der Waals surface area contributed by atoms with Crippen LogP contribution in [-0.4, -0.2) is 38.0 Å². The maximum atomic E-state index is 11.2. The molecule has 0 radical (unpaired) electrons. The van der Waals surface area contributed by atoms with E-state index in [2.05, 4.69) is 16.0 Å². The normalized spacial score (nSPS) is 10.2. The summed E-state index contributed by atoms with van der Waals surface area (Å²) in [4.78, 5) is 22.4. The molecular weight excluding hydrogens is 206 g/mol. The van der Waals surface area contributed by atoms with Crippen molar-refractivity contribution in [3.05, 3.63) is 0 Å². The standard InChI is InChI=1S/C11H23N3O2/c1-4-5-12-7-10(15)14-8-11(16)13-6-9(2)3/h9,12H,4-8H2,1-3H3,(H,13,16)(H,14,15). The summed E-state index contributed by atoms with van der Waals surface area (Å²) >= 11 is 0. The zero-order valence-electron chi connectivity index (χ0n) is 10.4. The molecule has 0 aromatic heterocycles. The quantitative estimate of drug-likeness (QED) is 0.508. The lowest BCUT2D eigenvalue weighted by Gasteiger charge is -2.08. The number of hydrogen-bond acceptors (Lipinski definition) is 3. The van der Waals surface area contributed by atoms with E-state index in [1.807, 2.05) is 20.8 Å². The molecule has 0 spiro atoms. The van der Waals surface area contributed by atoms with Gasteiger partial charge < -0.3 is 16.0 Å². The Bertz CT molecular complexity index is 217. The van der Waals surface area contributed by atoms with Gasteiger partial charge in [-0.1, -0.05) is 20.8 Å². The van der Waals surface area contributed by atoms with Gasteiger partial charge in [0.1, 0.15) is 0 Å². The van der Waals surface area contributed by atoms with Crippen molar-refractivity contribution in [2.75, 3.05) is 26.2 Å². The molecule has 0 atom stereocenters.